The standard InChI is InChI=1S/C18H30N2O/c1-14(2)13-20(17-6-7-17)18-8-5-16(11-15(18)3)12-19-9-10-21-4/h5,8,11,14,17,19H,6-7,9-10,12-13H2,1-4H3. The summed E-state index contributed by atoms with van der Waals surface area (Å²) in [6, 6.07) is 7.67. The Labute approximate surface area is 129 Å². The van der Waals surface area contributed by atoms with Crippen molar-refractivity contribution in [3.8, 4) is 0 Å². The summed E-state index contributed by atoms with van der Waals surface area (Å²) in [6.45, 7) is 10.6. The Balaban J connectivity index is 2.00. The van der Waals surface area contributed by atoms with Crippen LogP contribution in [0.25, 0.3) is 0 Å². The molecule has 118 valence electrons. The van der Waals surface area contributed by atoms with Gasteiger partial charge in [0.05, 0.1) is 6.61 Å². The van der Waals surface area contributed by atoms with E-state index in [2.05, 4.69) is 49.2 Å². The molecule has 0 amide bonds. The Morgan fingerprint density at radius 3 is 2.67 bits per heavy atom. The predicted octanol–water partition coefficient (Wildman–Crippen LogP) is 3.36. The Bertz CT molecular complexity index is 441. The second kappa shape index (κ2) is 7.81. The van der Waals surface area contributed by atoms with Crippen molar-refractivity contribution in [2.24, 2.45) is 5.92 Å². The van der Waals surface area contributed by atoms with Crippen molar-refractivity contribution < 1.29 is 4.74 Å². The molecule has 0 aliphatic heterocycles. The summed E-state index contributed by atoms with van der Waals surface area (Å²) < 4.78 is 5.06. The minimum atomic E-state index is 0.709. The van der Waals surface area contributed by atoms with E-state index in [1.54, 1.807) is 7.11 Å². The quantitative estimate of drug-likeness (QED) is 0.706. The first-order valence-electron chi connectivity index (χ1n) is 8.17. The summed E-state index contributed by atoms with van der Waals surface area (Å²) in [5.74, 6) is 0.709. The second-order valence-corrected chi connectivity index (χ2v) is 6.57. The van der Waals surface area contributed by atoms with E-state index in [9.17, 15) is 0 Å². The molecule has 0 atom stereocenters. The van der Waals surface area contributed by atoms with Crippen molar-refractivity contribution in [3.05, 3.63) is 29.3 Å². The van der Waals surface area contributed by atoms with E-state index in [0.29, 0.717) is 5.92 Å². The maximum absolute atomic E-state index is 5.06. The zero-order valence-corrected chi connectivity index (χ0v) is 14.0. The number of hydrogen-bond acceptors (Lipinski definition) is 3. The van der Waals surface area contributed by atoms with Gasteiger partial charge in [-0.25, -0.2) is 0 Å². The van der Waals surface area contributed by atoms with Crippen LogP contribution in [0.3, 0.4) is 0 Å². The molecule has 0 heterocycles. The fourth-order valence-corrected chi connectivity index (χ4v) is 2.78. The van der Waals surface area contributed by atoms with Gasteiger partial charge in [0.25, 0.3) is 0 Å². The van der Waals surface area contributed by atoms with Gasteiger partial charge < -0.3 is 15.0 Å². The molecule has 0 bridgehead atoms. The van der Waals surface area contributed by atoms with Crippen LogP contribution in [0.1, 0.15) is 37.8 Å². The van der Waals surface area contributed by atoms with Gasteiger partial charge in [-0.05, 0) is 42.9 Å². The predicted molar refractivity (Wildman–Crippen MR) is 90.0 cm³/mol. The van der Waals surface area contributed by atoms with Crippen LogP contribution in [0.2, 0.25) is 0 Å². The average molecular weight is 290 g/mol. The lowest BCUT2D eigenvalue weighted by molar-refractivity contribution is 0.199. The molecule has 1 fully saturated rings. The fraction of sp³-hybridized carbons (Fsp3) is 0.667. The number of benzene rings is 1. The highest BCUT2D eigenvalue weighted by atomic mass is 16.5. The van der Waals surface area contributed by atoms with Gasteiger partial charge in [-0.15, -0.1) is 0 Å². The van der Waals surface area contributed by atoms with E-state index >= 15 is 0 Å². The zero-order chi connectivity index (χ0) is 15.2. The molecule has 0 spiro atoms. The van der Waals surface area contributed by atoms with Gasteiger partial charge in [-0.1, -0.05) is 26.0 Å². The highest BCUT2D eigenvalue weighted by Gasteiger charge is 2.30. The molecule has 2 rings (SSSR count). The fourth-order valence-electron chi connectivity index (χ4n) is 2.78. The maximum atomic E-state index is 5.06. The largest absolute Gasteiger partial charge is 0.383 e. The highest BCUT2D eigenvalue weighted by molar-refractivity contribution is 5.56. The van der Waals surface area contributed by atoms with Crippen LogP contribution >= 0.6 is 0 Å². The summed E-state index contributed by atoms with van der Waals surface area (Å²) in [4.78, 5) is 2.61. The number of anilines is 1. The van der Waals surface area contributed by atoms with Crippen LogP contribution in [0.4, 0.5) is 5.69 Å². The van der Waals surface area contributed by atoms with Crippen LogP contribution < -0.4 is 10.2 Å². The van der Waals surface area contributed by atoms with Gasteiger partial charge in [0.15, 0.2) is 0 Å². The lowest BCUT2D eigenvalue weighted by Crippen LogP contribution is -2.30. The van der Waals surface area contributed by atoms with Crippen molar-refractivity contribution in [1.29, 1.82) is 0 Å². The van der Waals surface area contributed by atoms with E-state index < -0.39 is 0 Å². The van der Waals surface area contributed by atoms with Crippen LogP contribution in [0.15, 0.2) is 18.2 Å². The molecule has 0 unspecified atom stereocenters. The van der Waals surface area contributed by atoms with Crippen molar-refractivity contribution in [2.75, 3.05) is 31.7 Å². The highest BCUT2D eigenvalue weighted by Crippen LogP contribution is 2.34. The Hall–Kier alpha value is -1.06. The summed E-state index contributed by atoms with van der Waals surface area (Å²) in [6.07, 6.45) is 2.71. The minimum Gasteiger partial charge on any atom is -0.383 e. The number of ether oxygens (including phenoxy) is 1. The topological polar surface area (TPSA) is 24.5 Å². The number of rotatable bonds is 9. The molecule has 1 aliphatic carbocycles. The Morgan fingerprint density at radius 1 is 1.33 bits per heavy atom. The molecule has 0 saturated heterocycles. The van der Waals surface area contributed by atoms with E-state index in [4.69, 9.17) is 4.74 Å². The lowest BCUT2D eigenvalue weighted by atomic mass is 10.1. The molecule has 3 heteroatoms. The Morgan fingerprint density at radius 2 is 2.10 bits per heavy atom. The normalized spacial score (nSPS) is 14.7. The van der Waals surface area contributed by atoms with Crippen molar-refractivity contribution in [1.82, 2.24) is 5.32 Å². The smallest absolute Gasteiger partial charge is 0.0587 e. The summed E-state index contributed by atoms with van der Waals surface area (Å²) in [5.41, 5.74) is 4.17. The van der Waals surface area contributed by atoms with E-state index in [1.165, 1.54) is 29.7 Å². The first-order chi connectivity index (χ1) is 10.1. The molecular weight excluding hydrogens is 260 g/mol. The van der Waals surface area contributed by atoms with E-state index in [0.717, 1.165) is 32.3 Å². The first-order valence-corrected chi connectivity index (χ1v) is 8.17. The van der Waals surface area contributed by atoms with Gasteiger partial charge >= 0.3 is 0 Å². The molecule has 0 radical (unpaired) electrons. The molecule has 1 saturated carbocycles. The molecular formula is C18H30N2O. The van der Waals surface area contributed by atoms with Crippen molar-refractivity contribution >= 4 is 5.69 Å². The molecule has 1 aliphatic rings. The third-order valence-corrected chi connectivity index (χ3v) is 3.93. The van der Waals surface area contributed by atoms with Crippen LogP contribution in [-0.4, -0.2) is 32.8 Å². The molecule has 3 nitrogen and oxygen atoms in total. The number of nitrogens with zero attached hydrogens (tertiary/aromatic N) is 1. The zero-order valence-electron chi connectivity index (χ0n) is 14.0. The number of methoxy groups -OCH3 is 1. The van der Waals surface area contributed by atoms with E-state index in [-0.39, 0.29) is 0 Å². The SMILES string of the molecule is COCCNCc1ccc(N(CC(C)C)C2CC2)c(C)c1. The summed E-state index contributed by atoms with van der Waals surface area (Å²) in [5, 5.41) is 3.41. The van der Waals surface area contributed by atoms with Crippen molar-refractivity contribution in [3.63, 3.8) is 0 Å². The van der Waals surface area contributed by atoms with Crippen LogP contribution in [0.5, 0.6) is 0 Å². The molecule has 1 N–H and O–H groups in total. The van der Waals surface area contributed by atoms with Crippen LogP contribution in [0, 0.1) is 12.8 Å². The third kappa shape index (κ3) is 5.01. The number of aryl methyl sites for hydroxylation is 1. The van der Waals surface area contributed by atoms with Gasteiger partial charge in [0.1, 0.15) is 0 Å². The van der Waals surface area contributed by atoms with E-state index in [1.807, 2.05) is 0 Å². The van der Waals surface area contributed by atoms with Crippen LogP contribution in [-0.2, 0) is 11.3 Å². The molecule has 21 heavy (non-hydrogen) atoms. The van der Waals surface area contributed by atoms with Gasteiger partial charge in [0, 0.05) is 38.5 Å². The second-order valence-electron chi connectivity index (χ2n) is 6.57. The Kier molecular flexibility index (Phi) is 6.07. The lowest BCUT2D eigenvalue weighted by Gasteiger charge is -2.28. The monoisotopic (exact) mass is 290 g/mol. The van der Waals surface area contributed by atoms with Gasteiger partial charge in [-0.3, -0.25) is 0 Å². The number of nitrogens with one attached hydrogen (secondary N) is 1. The molecule has 1 aromatic carbocycles. The summed E-state index contributed by atoms with van der Waals surface area (Å²) >= 11 is 0. The molecule has 0 aromatic heterocycles. The first kappa shape index (κ1) is 16.3. The average Bonchev–Trinajstić information content (AvgIpc) is 3.26. The minimum absolute atomic E-state index is 0.709. The number of hydrogen-bond donors (Lipinski definition) is 1. The maximum Gasteiger partial charge on any atom is 0.0587 e. The summed E-state index contributed by atoms with van der Waals surface area (Å²) in [7, 11) is 1.74. The van der Waals surface area contributed by atoms with Gasteiger partial charge in [-0.2, -0.15) is 0 Å². The third-order valence-electron chi connectivity index (χ3n) is 3.93. The van der Waals surface area contributed by atoms with Crippen molar-refractivity contribution in [2.45, 2.75) is 46.2 Å². The molecule has 1 aromatic rings. The van der Waals surface area contributed by atoms with Gasteiger partial charge in [0.2, 0.25) is 0 Å².